The van der Waals surface area contributed by atoms with Crippen molar-refractivity contribution in [3.05, 3.63) is 118 Å². The number of ether oxygens (including phenoxy) is 6. The molecule has 0 radical (unpaired) electrons. The van der Waals surface area contributed by atoms with Crippen LogP contribution in [0.1, 0.15) is 25.0 Å². The molecule has 0 aliphatic carbocycles. The molecule has 4 aromatic carbocycles. The number of fused-ring (bicyclic) bond motifs is 1. The molecular formula is C43H36O17. The van der Waals surface area contributed by atoms with Gasteiger partial charge in [0.1, 0.15) is 52.4 Å². The summed E-state index contributed by atoms with van der Waals surface area (Å²) in [6, 6.07) is 18.8. The summed E-state index contributed by atoms with van der Waals surface area (Å²) in [5.74, 6) is -6.18. The quantitative estimate of drug-likeness (QED) is 0.0641. The number of phenols is 5. The first-order chi connectivity index (χ1) is 28.6. The van der Waals surface area contributed by atoms with Gasteiger partial charge in [-0.05, 0) is 71.8 Å². The van der Waals surface area contributed by atoms with Gasteiger partial charge in [-0.1, -0.05) is 24.3 Å². The van der Waals surface area contributed by atoms with Gasteiger partial charge in [-0.3, -0.25) is 14.4 Å². The molecule has 1 aliphatic rings. The van der Waals surface area contributed by atoms with Gasteiger partial charge in [-0.2, -0.15) is 0 Å². The van der Waals surface area contributed by atoms with E-state index >= 15 is 0 Å². The van der Waals surface area contributed by atoms with Crippen LogP contribution < -0.4 is 10.2 Å². The molecule has 310 valence electrons. The summed E-state index contributed by atoms with van der Waals surface area (Å²) in [6.45, 7) is 1.35. The van der Waals surface area contributed by atoms with Crippen molar-refractivity contribution in [1.29, 1.82) is 0 Å². The molecule has 0 bridgehead atoms. The normalized spacial score (nSPS) is 18.9. The average Bonchev–Trinajstić information content (AvgIpc) is 3.19. The monoisotopic (exact) mass is 824 g/mol. The van der Waals surface area contributed by atoms with Gasteiger partial charge in [0.2, 0.25) is 23.6 Å². The Labute approximate surface area is 339 Å². The van der Waals surface area contributed by atoms with Crippen molar-refractivity contribution in [2.45, 2.75) is 44.6 Å². The molecule has 2 heterocycles. The van der Waals surface area contributed by atoms with Crippen LogP contribution in [-0.4, -0.2) is 86.7 Å². The van der Waals surface area contributed by atoms with Crippen LogP contribution in [0.15, 0.2) is 106 Å². The van der Waals surface area contributed by atoms with Crippen molar-refractivity contribution in [2.75, 3.05) is 6.61 Å². The van der Waals surface area contributed by atoms with E-state index in [-0.39, 0.29) is 34.2 Å². The summed E-state index contributed by atoms with van der Waals surface area (Å²) in [5, 5.41) is 49.7. The SMILES string of the molecule is CC(=O)O[C@@H]1[C@@H](OC(=O)/C=C/c2ccc(O)cc2)[C@H](Oc2c(-c3ccc(O)cc3)oc3cc(O)cc(O)c3c2=O)O[C@@H](COC(=O)/C=C/c2ccc(O)cc2)[C@H]1OC(C)=O. The molecule has 0 spiro atoms. The Kier molecular flexibility index (Phi) is 12.7. The van der Waals surface area contributed by atoms with Crippen molar-refractivity contribution in [3.8, 4) is 45.8 Å². The molecule has 17 nitrogen and oxygen atoms in total. The fraction of sp³-hybridized carbons (Fsp3) is 0.186. The summed E-state index contributed by atoms with van der Waals surface area (Å²) in [7, 11) is 0. The molecular weight excluding hydrogens is 788 g/mol. The van der Waals surface area contributed by atoms with Gasteiger partial charge < -0.3 is 58.4 Å². The number of phenolic OH excluding ortho intramolecular Hbond substituents is 5. The lowest BCUT2D eigenvalue weighted by atomic mass is 9.98. The molecule has 1 saturated heterocycles. The Bertz CT molecular complexity index is 2500. The minimum Gasteiger partial charge on any atom is -0.508 e. The van der Waals surface area contributed by atoms with E-state index in [2.05, 4.69) is 0 Å². The fourth-order valence-electron chi connectivity index (χ4n) is 6.07. The summed E-state index contributed by atoms with van der Waals surface area (Å²) in [4.78, 5) is 65.8. The maximum atomic E-state index is 14.3. The van der Waals surface area contributed by atoms with E-state index < -0.39 is 89.3 Å². The highest BCUT2D eigenvalue weighted by Crippen LogP contribution is 2.38. The summed E-state index contributed by atoms with van der Waals surface area (Å²) >= 11 is 0. The lowest BCUT2D eigenvalue weighted by Crippen LogP contribution is -2.63. The van der Waals surface area contributed by atoms with Crippen LogP contribution >= 0.6 is 0 Å². The van der Waals surface area contributed by atoms with E-state index in [0.717, 1.165) is 38.1 Å². The number of aromatic hydroxyl groups is 5. The molecule has 0 amide bonds. The highest BCUT2D eigenvalue weighted by Gasteiger charge is 2.54. The molecule has 5 atom stereocenters. The van der Waals surface area contributed by atoms with Gasteiger partial charge in [0.05, 0.1) is 0 Å². The largest absolute Gasteiger partial charge is 0.508 e. The summed E-state index contributed by atoms with van der Waals surface area (Å²) < 4.78 is 40.7. The van der Waals surface area contributed by atoms with Gasteiger partial charge in [0.25, 0.3) is 0 Å². The van der Waals surface area contributed by atoms with Crippen LogP contribution in [0, 0.1) is 0 Å². The van der Waals surface area contributed by atoms with E-state index in [9.17, 15) is 49.5 Å². The smallest absolute Gasteiger partial charge is 0.331 e. The van der Waals surface area contributed by atoms with Crippen LogP contribution in [0.5, 0.6) is 34.5 Å². The molecule has 1 aromatic heterocycles. The van der Waals surface area contributed by atoms with Gasteiger partial charge in [-0.15, -0.1) is 0 Å². The van der Waals surface area contributed by atoms with Crippen molar-refractivity contribution in [2.24, 2.45) is 0 Å². The lowest BCUT2D eigenvalue weighted by molar-refractivity contribution is -0.288. The first kappa shape index (κ1) is 41.8. The van der Waals surface area contributed by atoms with E-state index in [1.165, 1.54) is 84.9 Å². The number of esters is 4. The second kappa shape index (κ2) is 18.2. The number of rotatable bonds is 12. The minimum atomic E-state index is -1.97. The Morgan fingerprint density at radius 1 is 0.650 bits per heavy atom. The molecule has 6 rings (SSSR count). The van der Waals surface area contributed by atoms with Crippen LogP contribution in [0.4, 0.5) is 0 Å². The molecule has 60 heavy (non-hydrogen) atoms. The Balaban J connectivity index is 1.44. The van der Waals surface area contributed by atoms with Gasteiger partial charge in [0.15, 0.2) is 18.0 Å². The van der Waals surface area contributed by atoms with Gasteiger partial charge in [0, 0.05) is 43.7 Å². The third-order valence-corrected chi connectivity index (χ3v) is 8.73. The average molecular weight is 825 g/mol. The first-order valence-electron chi connectivity index (χ1n) is 18.0. The Morgan fingerprint density at radius 3 is 1.75 bits per heavy atom. The zero-order chi connectivity index (χ0) is 43.1. The highest BCUT2D eigenvalue weighted by atomic mass is 16.7. The second-order valence-corrected chi connectivity index (χ2v) is 13.2. The summed E-state index contributed by atoms with van der Waals surface area (Å²) in [5.41, 5.74) is -0.176. The zero-order valence-electron chi connectivity index (χ0n) is 31.6. The molecule has 1 aliphatic heterocycles. The van der Waals surface area contributed by atoms with Crippen molar-refractivity contribution >= 4 is 47.0 Å². The number of carbonyl (C=O) groups excluding carboxylic acids is 4. The number of hydrogen-bond acceptors (Lipinski definition) is 17. The molecule has 5 aromatic rings. The van der Waals surface area contributed by atoms with Crippen LogP contribution in [0.2, 0.25) is 0 Å². The lowest BCUT2D eigenvalue weighted by Gasteiger charge is -2.43. The molecule has 17 heteroatoms. The molecule has 0 unspecified atom stereocenters. The predicted octanol–water partition coefficient (Wildman–Crippen LogP) is 4.84. The van der Waals surface area contributed by atoms with Gasteiger partial charge >= 0.3 is 23.9 Å². The third kappa shape index (κ3) is 10.2. The molecule has 5 N–H and O–H groups in total. The maximum absolute atomic E-state index is 14.3. The third-order valence-electron chi connectivity index (χ3n) is 8.73. The van der Waals surface area contributed by atoms with Gasteiger partial charge in [-0.25, -0.2) is 9.59 Å². The van der Waals surface area contributed by atoms with Crippen molar-refractivity contribution in [1.82, 2.24) is 0 Å². The predicted molar refractivity (Wildman–Crippen MR) is 208 cm³/mol. The minimum absolute atomic E-state index is 0.00453. The van der Waals surface area contributed by atoms with Crippen molar-refractivity contribution in [3.63, 3.8) is 0 Å². The van der Waals surface area contributed by atoms with E-state index in [0.29, 0.717) is 11.1 Å². The molecule has 0 saturated carbocycles. The standard InChI is InChI=1S/C43H36O17/c1-22(44)55-39-33(21-54-34(51)17-7-24-3-11-27(46)12-4-24)58-43(42(41(39)56-23(2)45)59-35(52)18-8-25-5-13-28(47)14-6-25)60-40-37(53)36-31(50)19-30(49)20-32(36)57-38(40)26-9-15-29(48)16-10-26/h3-20,33,39,41-43,46-50H,21H2,1-2H3/b17-7+,18-8+/t33-,39+,41-,42+,43-/m0/s1. The van der Waals surface area contributed by atoms with E-state index in [1.807, 2.05) is 0 Å². The Morgan fingerprint density at radius 2 is 1.18 bits per heavy atom. The van der Waals surface area contributed by atoms with Crippen LogP contribution in [0.3, 0.4) is 0 Å². The first-order valence-corrected chi connectivity index (χ1v) is 18.0. The summed E-state index contributed by atoms with van der Waals surface area (Å²) in [6.07, 6.45) is -4.02. The zero-order valence-corrected chi connectivity index (χ0v) is 31.6. The van der Waals surface area contributed by atoms with E-state index in [1.54, 1.807) is 0 Å². The van der Waals surface area contributed by atoms with Crippen LogP contribution in [-0.2, 0) is 42.9 Å². The maximum Gasteiger partial charge on any atom is 0.331 e. The van der Waals surface area contributed by atoms with E-state index in [4.69, 9.17) is 32.8 Å². The number of carbonyl (C=O) groups is 4. The Hall–Kier alpha value is -7.79. The number of hydrogen-bond donors (Lipinski definition) is 5. The molecule has 1 fully saturated rings. The second-order valence-electron chi connectivity index (χ2n) is 13.2. The fourth-order valence-corrected chi connectivity index (χ4v) is 6.07. The highest BCUT2D eigenvalue weighted by molar-refractivity contribution is 5.89. The number of benzene rings is 4. The van der Waals surface area contributed by atoms with Crippen molar-refractivity contribution < 1.29 is 77.5 Å². The topological polar surface area (TPSA) is 255 Å². The van der Waals surface area contributed by atoms with Crippen LogP contribution in [0.25, 0.3) is 34.4 Å².